The summed E-state index contributed by atoms with van der Waals surface area (Å²) in [5.74, 6) is 0.586. The molecule has 0 radical (unpaired) electrons. The van der Waals surface area contributed by atoms with E-state index in [-0.39, 0.29) is 5.91 Å². The van der Waals surface area contributed by atoms with Crippen molar-refractivity contribution in [1.82, 2.24) is 10.6 Å². The van der Waals surface area contributed by atoms with Gasteiger partial charge in [-0.2, -0.15) is 0 Å². The zero-order chi connectivity index (χ0) is 13.2. The van der Waals surface area contributed by atoms with Gasteiger partial charge in [0, 0.05) is 32.3 Å². The van der Waals surface area contributed by atoms with Gasteiger partial charge in [-0.05, 0) is 18.2 Å². The quantitative estimate of drug-likeness (QED) is 0.667. The SMILES string of the molecule is COCCNCCNC(=O)c1cccc(OC)c1. The van der Waals surface area contributed by atoms with Gasteiger partial charge in [0.25, 0.3) is 5.91 Å². The Morgan fingerprint density at radius 3 is 2.78 bits per heavy atom. The van der Waals surface area contributed by atoms with Crippen LogP contribution in [0.25, 0.3) is 0 Å². The summed E-state index contributed by atoms with van der Waals surface area (Å²) in [5, 5.41) is 5.98. The number of carbonyl (C=O) groups is 1. The topological polar surface area (TPSA) is 59.6 Å². The third-order valence-corrected chi connectivity index (χ3v) is 2.40. The number of hydrogen-bond donors (Lipinski definition) is 2. The van der Waals surface area contributed by atoms with Gasteiger partial charge in [0.15, 0.2) is 0 Å². The van der Waals surface area contributed by atoms with Crippen molar-refractivity contribution in [3.05, 3.63) is 29.8 Å². The van der Waals surface area contributed by atoms with E-state index in [0.717, 1.165) is 13.1 Å². The first-order valence-corrected chi connectivity index (χ1v) is 5.90. The molecular formula is C13H20N2O3. The lowest BCUT2D eigenvalue weighted by Gasteiger charge is -2.07. The molecule has 1 aromatic carbocycles. The van der Waals surface area contributed by atoms with Crippen molar-refractivity contribution in [2.75, 3.05) is 40.5 Å². The molecule has 0 saturated carbocycles. The molecule has 0 aliphatic carbocycles. The van der Waals surface area contributed by atoms with Gasteiger partial charge >= 0.3 is 0 Å². The molecule has 0 aliphatic rings. The van der Waals surface area contributed by atoms with E-state index in [4.69, 9.17) is 9.47 Å². The molecule has 18 heavy (non-hydrogen) atoms. The number of nitrogens with one attached hydrogen (secondary N) is 2. The van der Waals surface area contributed by atoms with E-state index in [0.29, 0.717) is 24.5 Å². The largest absolute Gasteiger partial charge is 0.497 e. The second kappa shape index (κ2) is 8.49. The molecular weight excluding hydrogens is 232 g/mol. The monoisotopic (exact) mass is 252 g/mol. The van der Waals surface area contributed by atoms with Gasteiger partial charge in [-0.25, -0.2) is 0 Å². The first-order valence-electron chi connectivity index (χ1n) is 5.90. The molecule has 0 aromatic heterocycles. The summed E-state index contributed by atoms with van der Waals surface area (Å²) in [6.07, 6.45) is 0. The molecule has 5 heteroatoms. The molecule has 0 saturated heterocycles. The fourth-order valence-corrected chi connectivity index (χ4v) is 1.43. The van der Waals surface area contributed by atoms with Gasteiger partial charge in [-0.1, -0.05) is 6.07 Å². The minimum Gasteiger partial charge on any atom is -0.497 e. The summed E-state index contributed by atoms with van der Waals surface area (Å²) >= 11 is 0. The zero-order valence-corrected chi connectivity index (χ0v) is 10.9. The van der Waals surface area contributed by atoms with Crippen molar-refractivity contribution < 1.29 is 14.3 Å². The zero-order valence-electron chi connectivity index (χ0n) is 10.9. The van der Waals surface area contributed by atoms with Crippen molar-refractivity contribution in [1.29, 1.82) is 0 Å². The Bertz CT molecular complexity index is 369. The van der Waals surface area contributed by atoms with E-state index in [2.05, 4.69) is 10.6 Å². The molecule has 0 aliphatic heterocycles. The number of amides is 1. The number of ether oxygens (including phenoxy) is 2. The van der Waals surface area contributed by atoms with E-state index in [1.165, 1.54) is 0 Å². The maximum absolute atomic E-state index is 11.8. The first kappa shape index (κ1) is 14.5. The van der Waals surface area contributed by atoms with Gasteiger partial charge in [0.05, 0.1) is 13.7 Å². The summed E-state index contributed by atoms with van der Waals surface area (Å²) < 4.78 is 9.97. The van der Waals surface area contributed by atoms with E-state index >= 15 is 0 Å². The second-order valence-corrected chi connectivity index (χ2v) is 3.73. The van der Waals surface area contributed by atoms with Gasteiger partial charge in [0.2, 0.25) is 0 Å². The van der Waals surface area contributed by atoms with Crippen LogP contribution >= 0.6 is 0 Å². The molecule has 0 fully saturated rings. The molecule has 0 unspecified atom stereocenters. The maximum atomic E-state index is 11.8. The number of benzene rings is 1. The van der Waals surface area contributed by atoms with Crippen LogP contribution in [0.4, 0.5) is 0 Å². The second-order valence-electron chi connectivity index (χ2n) is 3.73. The summed E-state index contributed by atoms with van der Waals surface area (Å²) in [7, 11) is 3.24. The third-order valence-electron chi connectivity index (χ3n) is 2.40. The van der Waals surface area contributed by atoms with Crippen molar-refractivity contribution in [3.8, 4) is 5.75 Å². The van der Waals surface area contributed by atoms with Gasteiger partial charge in [-0.3, -0.25) is 4.79 Å². The van der Waals surface area contributed by atoms with Gasteiger partial charge in [-0.15, -0.1) is 0 Å². The van der Waals surface area contributed by atoms with Crippen LogP contribution < -0.4 is 15.4 Å². The van der Waals surface area contributed by atoms with Crippen LogP contribution in [0.2, 0.25) is 0 Å². The Kier molecular flexibility index (Phi) is 6.83. The van der Waals surface area contributed by atoms with Crippen LogP contribution in [0.3, 0.4) is 0 Å². The molecule has 1 amide bonds. The summed E-state index contributed by atoms with van der Waals surface area (Å²) in [6, 6.07) is 7.08. The average molecular weight is 252 g/mol. The predicted octanol–water partition coefficient (Wildman–Crippen LogP) is 0.661. The Morgan fingerprint density at radius 2 is 2.06 bits per heavy atom. The Balaban J connectivity index is 2.27. The van der Waals surface area contributed by atoms with E-state index in [9.17, 15) is 4.79 Å². The van der Waals surface area contributed by atoms with Crippen molar-refractivity contribution in [2.45, 2.75) is 0 Å². The lowest BCUT2D eigenvalue weighted by molar-refractivity contribution is 0.0953. The van der Waals surface area contributed by atoms with Gasteiger partial charge in [0.1, 0.15) is 5.75 Å². The third kappa shape index (κ3) is 5.16. The molecule has 1 aromatic rings. The number of methoxy groups -OCH3 is 2. The summed E-state index contributed by atoms with van der Waals surface area (Å²) in [4.78, 5) is 11.8. The highest BCUT2D eigenvalue weighted by Crippen LogP contribution is 2.11. The molecule has 2 N–H and O–H groups in total. The Hall–Kier alpha value is -1.59. The fourth-order valence-electron chi connectivity index (χ4n) is 1.43. The van der Waals surface area contributed by atoms with Crippen LogP contribution in [-0.2, 0) is 4.74 Å². The number of hydrogen-bond acceptors (Lipinski definition) is 4. The standard InChI is InChI=1S/C13H20N2O3/c1-17-9-8-14-6-7-15-13(16)11-4-3-5-12(10-11)18-2/h3-5,10,14H,6-9H2,1-2H3,(H,15,16). The minimum atomic E-state index is -0.0950. The highest BCUT2D eigenvalue weighted by Gasteiger charge is 2.05. The number of carbonyl (C=O) groups excluding carboxylic acids is 1. The Labute approximate surface area is 107 Å². The van der Waals surface area contributed by atoms with Crippen molar-refractivity contribution in [2.24, 2.45) is 0 Å². The molecule has 100 valence electrons. The number of rotatable bonds is 8. The van der Waals surface area contributed by atoms with Crippen LogP contribution in [0, 0.1) is 0 Å². The molecule has 0 atom stereocenters. The summed E-state index contributed by atoms with van der Waals surface area (Å²) in [5.41, 5.74) is 0.603. The summed E-state index contributed by atoms with van der Waals surface area (Å²) in [6.45, 7) is 2.76. The smallest absolute Gasteiger partial charge is 0.251 e. The lowest BCUT2D eigenvalue weighted by Crippen LogP contribution is -2.33. The highest BCUT2D eigenvalue weighted by atomic mass is 16.5. The van der Waals surface area contributed by atoms with Crippen LogP contribution in [-0.4, -0.2) is 46.4 Å². The molecule has 5 nitrogen and oxygen atoms in total. The Morgan fingerprint density at radius 1 is 1.22 bits per heavy atom. The van der Waals surface area contributed by atoms with Crippen LogP contribution in [0.1, 0.15) is 10.4 Å². The first-order chi connectivity index (χ1) is 8.77. The average Bonchev–Trinajstić information content (AvgIpc) is 2.42. The van der Waals surface area contributed by atoms with Crippen LogP contribution in [0.15, 0.2) is 24.3 Å². The normalized spacial score (nSPS) is 10.1. The lowest BCUT2D eigenvalue weighted by atomic mass is 10.2. The van der Waals surface area contributed by atoms with E-state index < -0.39 is 0 Å². The fraction of sp³-hybridized carbons (Fsp3) is 0.462. The molecule has 0 spiro atoms. The van der Waals surface area contributed by atoms with Crippen LogP contribution in [0.5, 0.6) is 5.75 Å². The molecule has 1 rings (SSSR count). The minimum absolute atomic E-state index is 0.0950. The van der Waals surface area contributed by atoms with Crippen molar-refractivity contribution in [3.63, 3.8) is 0 Å². The molecule has 0 bridgehead atoms. The predicted molar refractivity (Wildman–Crippen MR) is 70.1 cm³/mol. The van der Waals surface area contributed by atoms with E-state index in [1.54, 1.807) is 32.4 Å². The maximum Gasteiger partial charge on any atom is 0.251 e. The van der Waals surface area contributed by atoms with Gasteiger partial charge < -0.3 is 20.1 Å². The molecule has 0 heterocycles. The van der Waals surface area contributed by atoms with E-state index in [1.807, 2.05) is 6.07 Å². The van der Waals surface area contributed by atoms with Crippen molar-refractivity contribution >= 4 is 5.91 Å². The highest BCUT2D eigenvalue weighted by molar-refractivity contribution is 5.94.